The maximum Gasteiger partial charge on any atom is 0.302 e. The Balaban J connectivity index is 1.87. The van der Waals surface area contributed by atoms with Crippen molar-refractivity contribution in [2.24, 2.45) is 34.0 Å². The summed E-state index contributed by atoms with van der Waals surface area (Å²) in [4.78, 5) is 50.2. The lowest BCUT2D eigenvalue weighted by molar-refractivity contribution is -0.250. The third-order valence-electron chi connectivity index (χ3n) is 9.47. The lowest BCUT2D eigenvalue weighted by Gasteiger charge is -2.66. The third-order valence-corrected chi connectivity index (χ3v) is 9.47. The van der Waals surface area contributed by atoms with E-state index in [-0.39, 0.29) is 46.4 Å². The lowest BCUT2D eigenvalue weighted by atomic mass is 9.39. The van der Waals surface area contributed by atoms with E-state index in [9.17, 15) is 19.2 Å². The number of fused-ring (bicyclic) bond motifs is 3. The number of ether oxygens (including phenoxy) is 3. The smallest absolute Gasteiger partial charge is 0.302 e. The molecular formula is C26H36O7. The minimum absolute atomic E-state index is 0.0410. The summed E-state index contributed by atoms with van der Waals surface area (Å²) in [6.45, 7) is 14.7. The first kappa shape index (κ1) is 24.0. The molecule has 4 saturated carbocycles. The maximum absolute atomic E-state index is 14.0. The number of carbonyl (C=O) groups is 4. The molecule has 8 atom stereocenters. The second-order valence-corrected chi connectivity index (χ2v) is 11.4. The van der Waals surface area contributed by atoms with Crippen LogP contribution in [0.25, 0.3) is 0 Å². The van der Waals surface area contributed by atoms with Crippen molar-refractivity contribution in [3.63, 3.8) is 0 Å². The van der Waals surface area contributed by atoms with Gasteiger partial charge in [0.1, 0.15) is 23.7 Å². The minimum Gasteiger partial charge on any atom is -0.462 e. The Morgan fingerprint density at radius 3 is 2.00 bits per heavy atom. The highest BCUT2D eigenvalue weighted by Crippen LogP contribution is 2.72. The first-order valence-corrected chi connectivity index (χ1v) is 12.0. The van der Waals surface area contributed by atoms with Gasteiger partial charge in [0.2, 0.25) is 0 Å². The number of rotatable bonds is 3. The molecule has 0 radical (unpaired) electrons. The van der Waals surface area contributed by atoms with E-state index in [2.05, 4.69) is 27.4 Å². The van der Waals surface area contributed by atoms with Crippen LogP contribution < -0.4 is 0 Å². The molecule has 4 aliphatic carbocycles. The van der Waals surface area contributed by atoms with Gasteiger partial charge in [-0.2, -0.15) is 0 Å². The van der Waals surface area contributed by atoms with Crippen molar-refractivity contribution in [3.05, 3.63) is 12.2 Å². The summed E-state index contributed by atoms with van der Waals surface area (Å²) in [5.41, 5.74) is -1.30. The summed E-state index contributed by atoms with van der Waals surface area (Å²) in [6.07, 6.45) is 1.73. The van der Waals surface area contributed by atoms with Crippen LogP contribution in [0.1, 0.15) is 73.6 Å². The lowest BCUT2D eigenvalue weighted by Crippen LogP contribution is -2.69. The summed E-state index contributed by atoms with van der Waals surface area (Å²) in [7, 11) is 0. The molecule has 0 N–H and O–H groups in total. The number of Topliss-reactive ketones (excluding diaryl/α,β-unsaturated/α-hetero) is 1. The molecule has 0 amide bonds. The molecular weight excluding hydrogens is 424 g/mol. The fraction of sp³-hybridized carbons (Fsp3) is 0.769. The highest BCUT2D eigenvalue weighted by Gasteiger charge is 2.76. The van der Waals surface area contributed by atoms with Crippen LogP contribution in [0.15, 0.2) is 12.2 Å². The molecule has 0 aromatic heterocycles. The molecule has 7 nitrogen and oxygen atoms in total. The SMILES string of the molecule is C=C1C(=O)C23C(OC(C)=O)C[C@@H]4C(C)(C)[C@@H](OC(C)=O)CC[C@@]4(C)[C@@H]2CCC1[C@@H]3OC(C)=O. The molecule has 7 heteroatoms. The van der Waals surface area contributed by atoms with Gasteiger partial charge in [-0.25, -0.2) is 0 Å². The quantitative estimate of drug-likeness (QED) is 0.359. The summed E-state index contributed by atoms with van der Waals surface area (Å²) in [5.74, 6) is -1.68. The monoisotopic (exact) mass is 460 g/mol. The van der Waals surface area contributed by atoms with E-state index in [0.717, 1.165) is 12.8 Å². The normalized spacial score (nSPS) is 43.2. The van der Waals surface area contributed by atoms with Crippen LogP contribution in [-0.2, 0) is 33.4 Å². The molecule has 4 rings (SSSR count). The molecule has 4 aliphatic rings. The maximum atomic E-state index is 14.0. The van der Waals surface area contributed by atoms with Gasteiger partial charge in [0, 0.05) is 32.1 Å². The zero-order valence-corrected chi connectivity index (χ0v) is 20.6. The fourth-order valence-electron chi connectivity index (χ4n) is 8.36. The van der Waals surface area contributed by atoms with Crippen molar-refractivity contribution in [2.45, 2.75) is 92.0 Å². The highest BCUT2D eigenvalue weighted by molar-refractivity contribution is 6.05. The number of hydrogen-bond acceptors (Lipinski definition) is 7. The summed E-state index contributed by atoms with van der Waals surface area (Å²) in [6, 6.07) is 0. The third kappa shape index (κ3) is 3.21. The number of hydrogen-bond donors (Lipinski definition) is 0. The van der Waals surface area contributed by atoms with Gasteiger partial charge < -0.3 is 14.2 Å². The summed E-state index contributed by atoms with van der Waals surface area (Å²) in [5, 5.41) is 0. The van der Waals surface area contributed by atoms with Crippen molar-refractivity contribution < 1.29 is 33.4 Å². The largest absolute Gasteiger partial charge is 0.462 e. The van der Waals surface area contributed by atoms with Crippen molar-refractivity contribution in [2.75, 3.05) is 0 Å². The molecule has 182 valence electrons. The molecule has 3 unspecified atom stereocenters. The van der Waals surface area contributed by atoms with Crippen LogP contribution in [0.3, 0.4) is 0 Å². The zero-order chi connectivity index (χ0) is 24.5. The van der Waals surface area contributed by atoms with E-state index in [4.69, 9.17) is 14.2 Å². The molecule has 33 heavy (non-hydrogen) atoms. The predicted octanol–water partition coefficient (Wildman–Crippen LogP) is 3.78. The standard InChI is InChI=1S/C26H36O7/c1-13-17-8-9-18-25(7)11-10-20(31-14(2)27)24(5,6)19(25)12-21(32-15(3)28)26(18,22(13)30)23(17)33-16(4)29/h17-21,23H,1,8-12H2,2-7H3/t17?,18-,19+,20-,21?,23-,25-,26?/m0/s1. The van der Waals surface area contributed by atoms with Gasteiger partial charge in [0.25, 0.3) is 0 Å². The highest BCUT2D eigenvalue weighted by atomic mass is 16.6. The summed E-state index contributed by atoms with van der Waals surface area (Å²) >= 11 is 0. The molecule has 0 aliphatic heterocycles. The average Bonchev–Trinajstić information content (AvgIpc) is 2.80. The van der Waals surface area contributed by atoms with Gasteiger partial charge in [-0.1, -0.05) is 27.4 Å². The first-order valence-electron chi connectivity index (χ1n) is 12.0. The van der Waals surface area contributed by atoms with Crippen molar-refractivity contribution in [1.29, 1.82) is 0 Å². The Labute approximate surface area is 195 Å². The molecule has 2 bridgehead atoms. The van der Waals surface area contributed by atoms with Crippen LogP contribution >= 0.6 is 0 Å². The predicted molar refractivity (Wildman–Crippen MR) is 119 cm³/mol. The number of carbonyl (C=O) groups excluding carboxylic acids is 4. The summed E-state index contributed by atoms with van der Waals surface area (Å²) < 4.78 is 17.5. The molecule has 1 spiro atoms. The molecule has 0 saturated heterocycles. The van der Waals surface area contributed by atoms with Crippen LogP contribution in [0, 0.1) is 34.0 Å². The molecule has 0 heterocycles. The Kier molecular flexibility index (Phi) is 5.57. The Morgan fingerprint density at radius 2 is 1.42 bits per heavy atom. The number of esters is 3. The van der Waals surface area contributed by atoms with E-state index in [1.54, 1.807) is 0 Å². The Hall–Kier alpha value is -2.18. The second kappa shape index (κ2) is 7.67. The van der Waals surface area contributed by atoms with E-state index >= 15 is 0 Å². The fourth-order valence-corrected chi connectivity index (χ4v) is 8.36. The van der Waals surface area contributed by atoms with Gasteiger partial charge in [-0.05, 0) is 54.9 Å². The van der Waals surface area contributed by atoms with Gasteiger partial charge in [0.05, 0.1) is 0 Å². The van der Waals surface area contributed by atoms with Gasteiger partial charge in [0.15, 0.2) is 5.78 Å². The minimum atomic E-state index is -1.12. The Bertz CT molecular complexity index is 920. The number of ketones is 1. The van der Waals surface area contributed by atoms with E-state index < -0.39 is 29.6 Å². The van der Waals surface area contributed by atoms with E-state index in [0.29, 0.717) is 24.8 Å². The molecule has 0 aromatic rings. The average molecular weight is 461 g/mol. The zero-order valence-electron chi connectivity index (χ0n) is 20.6. The van der Waals surface area contributed by atoms with Crippen LogP contribution in [-0.4, -0.2) is 42.0 Å². The molecule has 4 fully saturated rings. The van der Waals surface area contributed by atoms with Gasteiger partial charge in [-0.3, -0.25) is 19.2 Å². The van der Waals surface area contributed by atoms with Crippen LogP contribution in [0.5, 0.6) is 0 Å². The molecule has 0 aromatic carbocycles. The van der Waals surface area contributed by atoms with E-state index in [1.165, 1.54) is 20.8 Å². The van der Waals surface area contributed by atoms with Crippen molar-refractivity contribution >= 4 is 23.7 Å². The van der Waals surface area contributed by atoms with Gasteiger partial charge >= 0.3 is 17.9 Å². The van der Waals surface area contributed by atoms with Gasteiger partial charge in [-0.15, -0.1) is 0 Å². The van der Waals surface area contributed by atoms with Crippen LogP contribution in [0.4, 0.5) is 0 Å². The van der Waals surface area contributed by atoms with E-state index in [1.807, 2.05) is 0 Å². The van der Waals surface area contributed by atoms with Crippen molar-refractivity contribution in [1.82, 2.24) is 0 Å². The van der Waals surface area contributed by atoms with Crippen LogP contribution in [0.2, 0.25) is 0 Å². The van der Waals surface area contributed by atoms with Crippen molar-refractivity contribution in [3.8, 4) is 0 Å². The second-order valence-electron chi connectivity index (χ2n) is 11.4. The topological polar surface area (TPSA) is 96.0 Å². The Morgan fingerprint density at radius 1 is 0.848 bits per heavy atom. The first-order chi connectivity index (χ1) is 15.3.